The van der Waals surface area contributed by atoms with Crippen LogP contribution < -0.4 is 10.5 Å². The van der Waals surface area contributed by atoms with Gasteiger partial charge >= 0.3 is 0 Å². The molecule has 2 rings (SSSR count). The van der Waals surface area contributed by atoms with E-state index in [1.807, 2.05) is 4.90 Å². The van der Waals surface area contributed by atoms with Gasteiger partial charge in [-0.15, -0.1) is 0 Å². The Morgan fingerprint density at radius 1 is 1.53 bits per heavy atom. The SMILES string of the molecule is O=c1[nH]ccnc1N1CCC(OCCO)CC1. The number of hydrogen-bond donors (Lipinski definition) is 2. The third kappa shape index (κ3) is 3.04. The molecule has 6 nitrogen and oxygen atoms in total. The highest BCUT2D eigenvalue weighted by Gasteiger charge is 2.21. The fourth-order valence-corrected chi connectivity index (χ4v) is 2.02. The molecule has 0 spiro atoms. The molecule has 1 aromatic heterocycles. The molecule has 0 saturated carbocycles. The zero-order valence-corrected chi connectivity index (χ0v) is 9.63. The van der Waals surface area contributed by atoms with E-state index in [4.69, 9.17) is 9.84 Å². The standard InChI is InChI=1S/C11H17N3O3/c15-7-8-17-9-1-5-14(6-2-9)10-11(16)13-4-3-12-10/h3-4,9,15H,1-2,5-8H2,(H,13,16). The first-order valence-corrected chi connectivity index (χ1v) is 5.82. The van der Waals surface area contributed by atoms with Crippen molar-refractivity contribution in [2.24, 2.45) is 0 Å². The van der Waals surface area contributed by atoms with Crippen LogP contribution >= 0.6 is 0 Å². The number of rotatable bonds is 4. The van der Waals surface area contributed by atoms with Crippen molar-refractivity contribution in [2.45, 2.75) is 18.9 Å². The van der Waals surface area contributed by atoms with Crippen molar-refractivity contribution in [3.05, 3.63) is 22.7 Å². The first kappa shape index (κ1) is 12.1. The van der Waals surface area contributed by atoms with Gasteiger partial charge in [-0.25, -0.2) is 4.98 Å². The average Bonchev–Trinajstić information content (AvgIpc) is 2.38. The number of nitrogens with zero attached hydrogens (tertiary/aromatic N) is 2. The minimum Gasteiger partial charge on any atom is -0.394 e. The molecule has 94 valence electrons. The van der Waals surface area contributed by atoms with Crippen LogP contribution in [0.3, 0.4) is 0 Å². The molecule has 0 aromatic carbocycles. The second-order valence-corrected chi connectivity index (χ2v) is 4.02. The van der Waals surface area contributed by atoms with E-state index in [-0.39, 0.29) is 18.3 Å². The van der Waals surface area contributed by atoms with Gasteiger partial charge in [-0.1, -0.05) is 0 Å². The van der Waals surface area contributed by atoms with Crippen molar-refractivity contribution in [1.82, 2.24) is 9.97 Å². The predicted octanol–water partition coefficient (Wildman–Crippen LogP) is -0.252. The first-order valence-electron chi connectivity index (χ1n) is 5.82. The van der Waals surface area contributed by atoms with Gasteiger partial charge < -0.3 is 19.7 Å². The number of aliphatic hydroxyl groups is 1. The van der Waals surface area contributed by atoms with E-state index in [1.165, 1.54) is 6.20 Å². The largest absolute Gasteiger partial charge is 0.394 e. The number of hydrogen-bond acceptors (Lipinski definition) is 5. The van der Waals surface area contributed by atoms with E-state index >= 15 is 0 Å². The maximum atomic E-state index is 11.5. The molecule has 0 radical (unpaired) electrons. The minimum absolute atomic E-state index is 0.0557. The lowest BCUT2D eigenvalue weighted by Gasteiger charge is -2.31. The molecule has 1 aliphatic heterocycles. The molecule has 6 heteroatoms. The molecule has 0 aliphatic carbocycles. The Bertz CT molecular complexity index is 399. The lowest BCUT2D eigenvalue weighted by atomic mass is 10.1. The van der Waals surface area contributed by atoms with Gasteiger partial charge in [0.2, 0.25) is 0 Å². The number of aromatic amines is 1. The van der Waals surface area contributed by atoms with Gasteiger partial charge in [0.15, 0.2) is 5.82 Å². The molecule has 0 amide bonds. The second-order valence-electron chi connectivity index (χ2n) is 4.02. The lowest BCUT2D eigenvalue weighted by Crippen LogP contribution is -2.40. The van der Waals surface area contributed by atoms with Crippen LogP contribution in [0.25, 0.3) is 0 Å². The average molecular weight is 239 g/mol. The normalized spacial score (nSPS) is 17.4. The van der Waals surface area contributed by atoms with E-state index < -0.39 is 0 Å². The summed E-state index contributed by atoms with van der Waals surface area (Å²) in [6, 6.07) is 0. The van der Waals surface area contributed by atoms with Crippen LogP contribution in [0.4, 0.5) is 5.82 Å². The summed E-state index contributed by atoms with van der Waals surface area (Å²) in [5.41, 5.74) is -0.151. The molecular formula is C11H17N3O3. The Morgan fingerprint density at radius 3 is 2.94 bits per heavy atom. The quantitative estimate of drug-likeness (QED) is 0.757. The smallest absolute Gasteiger partial charge is 0.290 e. The first-order chi connectivity index (χ1) is 8.31. The number of aliphatic hydroxyl groups excluding tert-OH is 1. The molecular weight excluding hydrogens is 222 g/mol. The van der Waals surface area contributed by atoms with Gasteiger partial charge in [-0.05, 0) is 12.8 Å². The summed E-state index contributed by atoms with van der Waals surface area (Å²) in [5.74, 6) is 0.480. The number of ether oxygens (including phenoxy) is 1. The molecule has 1 aliphatic rings. The molecule has 1 saturated heterocycles. The van der Waals surface area contributed by atoms with E-state index in [0.717, 1.165) is 25.9 Å². The topological polar surface area (TPSA) is 78.5 Å². The Balaban J connectivity index is 1.91. The molecule has 0 unspecified atom stereocenters. The van der Waals surface area contributed by atoms with Crippen LogP contribution in [-0.4, -0.2) is 47.5 Å². The summed E-state index contributed by atoms with van der Waals surface area (Å²) in [6.45, 7) is 1.96. The van der Waals surface area contributed by atoms with E-state index in [2.05, 4.69) is 9.97 Å². The van der Waals surface area contributed by atoms with Crippen LogP contribution in [-0.2, 0) is 4.74 Å². The second kappa shape index (κ2) is 5.79. The van der Waals surface area contributed by atoms with Crippen molar-refractivity contribution < 1.29 is 9.84 Å². The third-order valence-electron chi connectivity index (χ3n) is 2.88. The summed E-state index contributed by atoms with van der Waals surface area (Å²) >= 11 is 0. The monoisotopic (exact) mass is 239 g/mol. The van der Waals surface area contributed by atoms with Crippen molar-refractivity contribution in [3.8, 4) is 0 Å². The van der Waals surface area contributed by atoms with Crippen LogP contribution in [0.2, 0.25) is 0 Å². The Labute approximate surface area is 99.2 Å². The van der Waals surface area contributed by atoms with Gasteiger partial charge in [0.1, 0.15) is 0 Å². The van der Waals surface area contributed by atoms with E-state index in [0.29, 0.717) is 12.4 Å². The highest BCUT2D eigenvalue weighted by molar-refractivity contribution is 5.35. The van der Waals surface area contributed by atoms with E-state index in [1.54, 1.807) is 6.20 Å². The molecule has 2 heterocycles. The third-order valence-corrected chi connectivity index (χ3v) is 2.88. The molecule has 17 heavy (non-hydrogen) atoms. The summed E-state index contributed by atoms with van der Waals surface area (Å²) in [7, 11) is 0. The minimum atomic E-state index is -0.151. The van der Waals surface area contributed by atoms with Gasteiger partial charge in [0, 0.05) is 25.5 Å². The van der Waals surface area contributed by atoms with E-state index in [9.17, 15) is 4.79 Å². The fraction of sp³-hybridized carbons (Fsp3) is 0.636. The molecule has 0 atom stereocenters. The fourth-order valence-electron chi connectivity index (χ4n) is 2.02. The maximum Gasteiger partial charge on any atom is 0.290 e. The molecule has 2 N–H and O–H groups in total. The number of piperidine rings is 1. The van der Waals surface area contributed by atoms with Crippen molar-refractivity contribution in [1.29, 1.82) is 0 Å². The number of aromatic nitrogens is 2. The van der Waals surface area contributed by atoms with Crippen LogP contribution in [0.1, 0.15) is 12.8 Å². The number of anilines is 1. The Hall–Kier alpha value is -1.40. The summed E-state index contributed by atoms with van der Waals surface area (Å²) in [4.78, 5) is 20.2. The van der Waals surface area contributed by atoms with Gasteiger partial charge in [-0.3, -0.25) is 4.79 Å². The van der Waals surface area contributed by atoms with Crippen molar-refractivity contribution >= 4 is 5.82 Å². The summed E-state index contributed by atoms with van der Waals surface area (Å²) < 4.78 is 5.46. The molecule has 1 fully saturated rings. The van der Waals surface area contributed by atoms with Crippen molar-refractivity contribution in [3.63, 3.8) is 0 Å². The molecule has 0 bridgehead atoms. The summed E-state index contributed by atoms with van der Waals surface area (Å²) in [6.07, 6.45) is 5.02. The van der Waals surface area contributed by atoms with Crippen LogP contribution in [0.15, 0.2) is 17.2 Å². The maximum absolute atomic E-state index is 11.5. The Kier molecular flexibility index (Phi) is 4.11. The lowest BCUT2D eigenvalue weighted by molar-refractivity contribution is 0.0158. The zero-order valence-electron chi connectivity index (χ0n) is 9.63. The zero-order chi connectivity index (χ0) is 12.1. The van der Waals surface area contributed by atoms with Crippen molar-refractivity contribution in [2.75, 3.05) is 31.2 Å². The predicted molar refractivity (Wildman–Crippen MR) is 63.1 cm³/mol. The number of nitrogens with one attached hydrogen (secondary N) is 1. The van der Waals surface area contributed by atoms with Gasteiger partial charge in [0.25, 0.3) is 5.56 Å². The summed E-state index contributed by atoms with van der Waals surface area (Å²) in [5, 5.41) is 8.67. The number of H-pyrrole nitrogens is 1. The highest BCUT2D eigenvalue weighted by atomic mass is 16.5. The highest BCUT2D eigenvalue weighted by Crippen LogP contribution is 2.16. The van der Waals surface area contributed by atoms with Crippen LogP contribution in [0, 0.1) is 0 Å². The van der Waals surface area contributed by atoms with Crippen LogP contribution in [0.5, 0.6) is 0 Å². The molecule has 1 aromatic rings. The van der Waals surface area contributed by atoms with Gasteiger partial charge in [-0.2, -0.15) is 0 Å². The Morgan fingerprint density at radius 2 is 2.29 bits per heavy atom. The van der Waals surface area contributed by atoms with Gasteiger partial charge in [0.05, 0.1) is 19.3 Å².